The highest BCUT2D eigenvalue weighted by atomic mass is 19.3. The van der Waals surface area contributed by atoms with E-state index in [1.54, 1.807) is 6.07 Å². The number of aryl methyl sites for hydroxylation is 1. The van der Waals surface area contributed by atoms with Crippen LogP contribution in [0.1, 0.15) is 55.7 Å². The van der Waals surface area contributed by atoms with Gasteiger partial charge in [-0.2, -0.15) is 0 Å². The van der Waals surface area contributed by atoms with E-state index in [2.05, 4.69) is 0 Å². The molecule has 0 heterocycles. The summed E-state index contributed by atoms with van der Waals surface area (Å²) in [5.41, 5.74) is 7.62. The van der Waals surface area contributed by atoms with Crippen LogP contribution in [0.5, 0.6) is 5.75 Å². The predicted molar refractivity (Wildman–Crippen MR) is 76.2 cm³/mol. The third kappa shape index (κ3) is 2.66. The van der Waals surface area contributed by atoms with Crippen LogP contribution in [0.15, 0.2) is 12.1 Å². The van der Waals surface area contributed by atoms with Crippen molar-refractivity contribution in [3.8, 4) is 5.75 Å². The number of nitrogens with two attached hydrogens (primary N) is 1. The largest absolute Gasteiger partial charge is 0.496 e. The number of benzene rings is 1. The zero-order chi connectivity index (χ0) is 15.0. The summed E-state index contributed by atoms with van der Waals surface area (Å²) in [5.74, 6) is -2.67. The van der Waals surface area contributed by atoms with Gasteiger partial charge in [0.15, 0.2) is 0 Å². The van der Waals surface area contributed by atoms with E-state index >= 15 is 0 Å². The predicted octanol–water partition coefficient (Wildman–Crippen LogP) is 4.23. The van der Waals surface area contributed by atoms with Crippen molar-refractivity contribution in [2.45, 2.75) is 57.4 Å². The molecule has 0 atom stereocenters. The molecule has 112 valence electrons. The van der Waals surface area contributed by atoms with E-state index in [1.807, 2.05) is 6.92 Å². The van der Waals surface area contributed by atoms with Crippen molar-refractivity contribution < 1.29 is 13.5 Å². The number of rotatable bonds is 3. The van der Waals surface area contributed by atoms with Gasteiger partial charge < -0.3 is 10.5 Å². The fourth-order valence-electron chi connectivity index (χ4n) is 3.29. The lowest BCUT2D eigenvalue weighted by atomic mass is 9.74. The highest BCUT2D eigenvalue weighted by Gasteiger charge is 2.38. The lowest BCUT2D eigenvalue weighted by Crippen LogP contribution is -2.40. The topological polar surface area (TPSA) is 35.2 Å². The normalized spacial score (nSPS) is 18.9. The van der Waals surface area contributed by atoms with Crippen molar-refractivity contribution in [2.24, 2.45) is 5.73 Å². The van der Waals surface area contributed by atoms with Gasteiger partial charge in [-0.25, -0.2) is 8.78 Å². The molecule has 4 heteroatoms. The van der Waals surface area contributed by atoms with E-state index in [1.165, 1.54) is 13.2 Å². The fraction of sp³-hybridized carbons (Fsp3) is 0.625. The Morgan fingerprint density at radius 3 is 2.30 bits per heavy atom. The molecule has 1 aliphatic carbocycles. The molecule has 0 spiro atoms. The molecule has 2 rings (SSSR count). The molecule has 0 amide bonds. The molecule has 0 radical (unpaired) electrons. The first-order valence-electron chi connectivity index (χ1n) is 7.15. The second kappa shape index (κ2) is 5.32. The van der Waals surface area contributed by atoms with Gasteiger partial charge in [0, 0.05) is 18.0 Å². The highest BCUT2D eigenvalue weighted by molar-refractivity contribution is 5.51. The van der Waals surface area contributed by atoms with Crippen molar-refractivity contribution in [1.29, 1.82) is 0 Å². The van der Waals surface area contributed by atoms with Crippen LogP contribution in [0.3, 0.4) is 0 Å². The summed E-state index contributed by atoms with van der Waals surface area (Å²) in [6, 6.07) is 3.18. The van der Waals surface area contributed by atoms with Crippen molar-refractivity contribution in [3.63, 3.8) is 0 Å². The molecule has 0 aromatic heterocycles. The number of halogens is 2. The average Bonchev–Trinajstić information content (AvgIpc) is 2.37. The molecule has 1 aromatic rings. The van der Waals surface area contributed by atoms with Crippen LogP contribution in [0.2, 0.25) is 0 Å². The molecule has 20 heavy (non-hydrogen) atoms. The average molecular weight is 283 g/mol. The van der Waals surface area contributed by atoms with Gasteiger partial charge in [-0.15, -0.1) is 0 Å². The highest BCUT2D eigenvalue weighted by Crippen LogP contribution is 2.45. The Balaban J connectivity index is 2.62. The first kappa shape index (κ1) is 15.2. The fourth-order valence-corrected chi connectivity index (χ4v) is 3.29. The van der Waals surface area contributed by atoms with Crippen LogP contribution < -0.4 is 10.5 Å². The monoisotopic (exact) mass is 283 g/mol. The minimum Gasteiger partial charge on any atom is -0.496 e. The van der Waals surface area contributed by atoms with Crippen LogP contribution in [0.25, 0.3) is 0 Å². The molecule has 0 saturated heterocycles. The third-order valence-corrected chi connectivity index (χ3v) is 4.29. The van der Waals surface area contributed by atoms with E-state index in [4.69, 9.17) is 10.5 Å². The van der Waals surface area contributed by atoms with Gasteiger partial charge in [-0.1, -0.05) is 25.3 Å². The molecule has 1 fully saturated rings. The van der Waals surface area contributed by atoms with Crippen LogP contribution in [0, 0.1) is 6.92 Å². The van der Waals surface area contributed by atoms with Crippen LogP contribution >= 0.6 is 0 Å². The van der Waals surface area contributed by atoms with Crippen molar-refractivity contribution in [2.75, 3.05) is 7.11 Å². The first-order valence-corrected chi connectivity index (χ1v) is 7.15. The molecule has 0 aliphatic heterocycles. The van der Waals surface area contributed by atoms with Gasteiger partial charge in [-0.3, -0.25) is 0 Å². The summed E-state index contributed by atoms with van der Waals surface area (Å²) in [5, 5.41) is 0. The number of methoxy groups -OCH3 is 1. The molecular formula is C16H23F2NO. The Kier molecular flexibility index (Phi) is 4.05. The molecule has 1 saturated carbocycles. The van der Waals surface area contributed by atoms with E-state index < -0.39 is 11.5 Å². The van der Waals surface area contributed by atoms with E-state index in [9.17, 15) is 8.78 Å². The second-order valence-corrected chi connectivity index (χ2v) is 5.94. The Labute approximate surface area is 119 Å². The molecule has 2 N–H and O–H groups in total. The minimum atomic E-state index is -2.93. The van der Waals surface area contributed by atoms with E-state index in [0.717, 1.165) is 50.2 Å². The quantitative estimate of drug-likeness (QED) is 0.900. The maximum Gasteiger partial charge on any atom is 0.274 e. The summed E-state index contributed by atoms with van der Waals surface area (Å²) in [6.45, 7) is 2.81. The minimum absolute atomic E-state index is 0.0731. The Morgan fingerprint density at radius 1 is 1.20 bits per heavy atom. The molecule has 1 aromatic carbocycles. The smallest absolute Gasteiger partial charge is 0.274 e. The first-order chi connectivity index (χ1) is 9.29. The summed E-state index contributed by atoms with van der Waals surface area (Å²) in [4.78, 5) is 0. The summed E-state index contributed by atoms with van der Waals surface area (Å²) in [7, 11) is 1.44. The maximum atomic E-state index is 13.8. The standard InChI is InChI=1S/C16H23F2NO/c1-11-7-8-12(15(2,17)18)14(20-3)13(11)16(19)9-5-4-6-10-16/h7-8H,4-6,9-10,19H2,1-3H3. The number of hydrogen-bond acceptors (Lipinski definition) is 2. The number of alkyl halides is 2. The Morgan fingerprint density at radius 2 is 1.80 bits per heavy atom. The molecule has 0 unspecified atom stereocenters. The van der Waals surface area contributed by atoms with Gasteiger partial charge >= 0.3 is 0 Å². The Hall–Kier alpha value is -1.16. The van der Waals surface area contributed by atoms with Crippen molar-refractivity contribution in [1.82, 2.24) is 0 Å². The number of hydrogen-bond donors (Lipinski definition) is 1. The summed E-state index contributed by atoms with van der Waals surface area (Å²) < 4.78 is 32.9. The Bertz CT molecular complexity index is 488. The van der Waals surface area contributed by atoms with E-state index in [-0.39, 0.29) is 11.3 Å². The third-order valence-electron chi connectivity index (χ3n) is 4.29. The maximum absolute atomic E-state index is 13.8. The van der Waals surface area contributed by atoms with Gasteiger partial charge in [0.05, 0.1) is 12.7 Å². The zero-order valence-electron chi connectivity index (χ0n) is 12.4. The SMILES string of the molecule is COc1c(C(C)(F)F)ccc(C)c1C1(N)CCCCC1. The zero-order valence-corrected chi connectivity index (χ0v) is 12.4. The van der Waals surface area contributed by atoms with Crippen LogP contribution in [0.4, 0.5) is 8.78 Å². The summed E-state index contributed by atoms with van der Waals surface area (Å²) >= 11 is 0. The lowest BCUT2D eigenvalue weighted by Gasteiger charge is -2.37. The second-order valence-electron chi connectivity index (χ2n) is 5.94. The van der Waals surface area contributed by atoms with Gasteiger partial charge in [0.25, 0.3) is 5.92 Å². The van der Waals surface area contributed by atoms with Gasteiger partial charge in [0.1, 0.15) is 5.75 Å². The molecule has 1 aliphatic rings. The van der Waals surface area contributed by atoms with Crippen LogP contribution in [-0.2, 0) is 11.5 Å². The number of ether oxygens (including phenoxy) is 1. The summed E-state index contributed by atoms with van der Waals surface area (Å²) in [6.07, 6.45) is 4.87. The lowest BCUT2D eigenvalue weighted by molar-refractivity contribution is 0.0147. The van der Waals surface area contributed by atoms with E-state index in [0.29, 0.717) is 0 Å². The van der Waals surface area contributed by atoms with Crippen molar-refractivity contribution >= 4 is 0 Å². The molecule has 0 bridgehead atoms. The molecule has 2 nitrogen and oxygen atoms in total. The molecular weight excluding hydrogens is 260 g/mol. The van der Waals surface area contributed by atoms with Gasteiger partial charge in [0.2, 0.25) is 0 Å². The van der Waals surface area contributed by atoms with Crippen LogP contribution in [-0.4, -0.2) is 7.11 Å². The van der Waals surface area contributed by atoms with Crippen molar-refractivity contribution in [3.05, 3.63) is 28.8 Å². The van der Waals surface area contributed by atoms with Gasteiger partial charge in [-0.05, 0) is 31.4 Å².